The van der Waals surface area contributed by atoms with Crippen molar-refractivity contribution in [3.63, 3.8) is 0 Å². The Kier molecular flexibility index (Phi) is 4.28. The molecule has 0 aliphatic carbocycles. The average Bonchev–Trinajstić information content (AvgIpc) is 2.49. The summed E-state index contributed by atoms with van der Waals surface area (Å²) in [5.74, 6) is 4.44. The molecule has 1 amide bonds. The molecule has 6 nitrogen and oxygen atoms in total. The van der Waals surface area contributed by atoms with Crippen molar-refractivity contribution in [2.24, 2.45) is 5.84 Å². The summed E-state index contributed by atoms with van der Waals surface area (Å²) >= 11 is 4.99. The van der Waals surface area contributed by atoms with Crippen molar-refractivity contribution >= 4 is 28.9 Å². The van der Waals surface area contributed by atoms with Gasteiger partial charge >= 0.3 is 0 Å². The predicted octanol–water partition coefficient (Wildman–Crippen LogP) is 1.33. The van der Waals surface area contributed by atoms with Crippen LogP contribution in [0.5, 0.6) is 0 Å². The Labute approximate surface area is 119 Å². The van der Waals surface area contributed by atoms with Crippen LogP contribution in [0.15, 0.2) is 42.7 Å². The van der Waals surface area contributed by atoms with Crippen LogP contribution in [0.25, 0.3) is 0 Å². The lowest BCUT2D eigenvalue weighted by molar-refractivity contribution is 0.0844. The third kappa shape index (κ3) is 3.31. The van der Waals surface area contributed by atoms with Crippen molar-refractivity contribution in [1.29, 1.82) is 0 Å². The van der Waals surface area contributed by atoms with E-state index in [9.17, 15) is 9.18 Å². The first kappa shape index (κ1) is 14.0. The van der Waals surface area contributed by atoms with E-state index in [1.807, 2.05) is 0 Å². The Morgan fingerprint density at radius 1 is 1.30 bits per heavy atom. The van der Waals surface area contributed by atoms with Gasteiger partial charge in [-0.25, -0.2) is 15.8 Å². The molecule has 0 bridgehead atoms. The highest BCUT2D eigenvalue weighted by atomic mass is 32.1. The van der Waals surface area contributed by atoms with Crippen LogP contribution in [-0.2, 0) is 0 Å². The molecule has 0 spiro atoms. The summed E-state index contributed by atoms with van der Waals surface area (Å²) in [6.07, 6.45) is 2.71. The van der Waals surface area contributed by atoms with Gasteiger partial charge in [0.15, 0.2) is 5.11 Å². The number of pyridine rings is 2. The Bertz CT molecular complexity index is 620. The highest BCUT2D eigenvalue weighted by Gasteiger charge is 2.17. The van der Waals surface area contributed by atoms with Gasteiger partial charge in [0, 0.05) is 6.20 Å². The van der Waals surface area contributed by atoms with Gasteiger partial charge in [0.05, 0.1) is 11.9 Å². The number of aromatic nitrogens is 2. The maximum absolute atomic E-state index is 12.7. The van der Waals surface area contributed by atoms with Crippen molar-refractivity contribution in [3.05, 3.63) is 54.4 Å². The molecule has 20 heavy (non-hydrogen) atoms. The molecule has 2 aromatic rings. The van der Waals surface area contributed by atoms with Gasteiger partial charge in [-0.05, 0) is 36.5 Å². The van der Waals surface area contributed by atoms with Gasteiger partial charge in [-0.1, -0.05) is 6.07 Å². The van der Waals surface area contributed by atoms with Gasteiger partial charge in [0.25, 0.3) is 5.91 Å². The number of nitrogens with one attached hydrogen (secondary N) is 1. The molecular weight excluding hydrogens is 281 g/mol. The lowest BCUT2D eigenvalue weighted by Crippen LogP contribution is -2.45. The van der Waals surface area contributed by atoms with Crippen LogP contribution in [0.4, 0.5) is 10.1 Å². The smallest absolute Gasteiger partial charge is 0.292 e. The van der Waals surface area contributed by atoms with E-state index in [1.54, 1.807) is 12.1 Å². The van der Waals surface area contributed by atoms with E-state index in [1.165, 1.54) is 24.5 Å². The maximum atomic E-state index is 12.7. The monoisotopic (exact) mass is 291 g/mol. The standard InChI is InChI=1S/C12H10FN5OS/c13-10-5-4-8(7-16-10)17-12(20)18(14)11(19)9-3-1-2-6-15-9/h1-7H,14H2,(H,17,20). The van der Waals surface area contributed by atoms with E-state index >= 15 is 0 Å². The van der Waals surface area contributed by atoms with Crippen LogP contribution in [0.3, 0.4) is 0 Å². The first-order valence-electron chi connectivity index (χ1n) is 5.50. The number of anilines is 1. The number of rotatable bonds is 2. The summed E-state index contributed by atoms with van der Waals surface area (Å²) in [5.41, 5.74) is 0.581. The van der Waals surface area contributed by atoms with E-state index in [0.717, 1.165) is 11.1 Å². The van der Waals surface area contributed by atoms with Crippen molar-refractivity contribution in [1.82, 2.24) is 15.0 Å². The molecule has 0 saturated heterocycles. The predicted molar refractivity (Wildman–Crippen MR) is 75.0 cm³/mol. The molecule has 102 valence electrons. The van der Waals surface area contributed by atoms with Crippen molar-refractivity contribution in [2.75, 3.05) is 5.32 Å². The highest BCUT2D eigenvalue weighted by molar-refractivity contribution is 7.80. The topological polar surface area (TPSA) is 84.1 Å². The lowest BCUT2D eigenvalue weighted by atomic mass is 10.3. The summed E-state index contributed by atoms with van der Waals surface area (Å²) in [6.45, 7) is 0. The Morgan fingerprint density at radius 2 is 2.10 bits per heavy atom. The van der Waals surface area contributed by atoms with Crippen LogP contribution in [-0.4, -0.2) is 26.0 Å². The third-order valence-corrected chi connectivity index (χ3v) is 2.60. The molecule has 0 fully saturated rings. The van der Waals surface area contributed by atoms with Gasteiger partial charge in [0.1, 0.15) is 5.69 Å². The Morgan fingerprint density at radius 3 is 2.70 bits per heavy atom. The third-order valence-electron chi connectivity index (χ3n) is 2.30. The molecule has 2 rings (SSSR count). The minimum Gasteiger partial charge on any atom is -0.330 e. The number of nitrogens with two attached hydrogens (primary N) is 1. The minimum atomic E-state index is -0.615. The zero-order valence-electron chi connectivity index (χ0n) is 10.2. The first-order chi connectivity index (χ1) is 9.58. The van der Waals surface area contributed by atoms with Crippen LogP contribution in [0, 0.1) is 5.95 Å². The summed E-state index contributed by atoms with van der Waals surface area (Å²) < 4.78 is 12.7. The summed E-state index contributed by atoms with van der Waals surface area (Å²) in [6, 6.07) is 7.44. The van der Waals surface area contributed by atoms with E-state index < -0.39 is 11.9 Å². The van der Waals surface area contributed by atoms with Crippen LogP contribution >= 0.6 is 12.2 Å². The maximum Gasteiger partial charge on any atom is 0.292 e. The number of amides is 1. The normalized spacial score (nSPS) is 9.90. The summed E-state index contributed by atoms with van der Waals surface area (Å²) in [4.78, 5) is 19.3. The average molecular weight is 291 g/mol. The van der Waals surface area contributed by atoms with Gasteiger partial charge in [0.2, 0.25) is 5.95 Å². The number of halogens is 1. The number of nitrogens with zero attached hydrogens (tertiary/aromatic N) is 3. The van der Waals surface area contributed by atoms with Crippen LogP contribution < -0.4 is 11.2 Å². The quantitative estimate of drug-likeness (QED) is 0.285. The number of carbonyl (C=O) groups is 1. The molecule has 0 saturated carbocycles. The van der Waals surface area contributed by atoms with Gasteiger partial charge in [-0.3, -0.25) is 9.78 Å². The molecule has 0 aliphatic heterocycles. The van der Waals surface area contributed by atoms with E-state index in [0.29, 0.717) is 5.69 Å². The number of hydrazine groups is 1. The van der Waals surface area contributed by atoms with Gasteiger partial charge in [-0.2, -0.15) is 4.39 Å². The Hall–Kier alpha value is -2.45. The highest BCUT2D eigenvalue weighted by Crippen LogP contribution is 2.07. The second-order valence-corrected chi connectivity index (χ2v) is 4.08. The SMILES string of the molecule is NN(C(=O)c1ccccn1)C(=S)Nc1ccc(F)nc1. The lowest BCUT2D eigenvalue weighted by Gasteiger charge is -2.17. The molecule has 0 aromatic carbocycles. The second kappa shape index (κ2) is 6.13. The Balaban J connectivity index is 2.05. The molecule has 0 aliphatic rings. The van der Waals surface area contributed by atoms with Crippen molar-refractivity contribution in [2.45, 2.75) is 0 Å². The summed E-state index contributed by atoms with van der Waals surface area (Å²) in [7, 11) is 0. The molecule has 2 aromatic heterocycles. The molecular formula is C12H10FN5OS. The molecule has 0 radical (unpaired) electrons. The van der Waals surface area contributed by atoms with Crippen LogP contribution in [0.1, 0.15) is 10.5 Å². The molecule has 3 N–H and O–H groups in total. The number of hydrogen-bond acceptors (Lipinski definition) is 5. The largest absolute Gasteiger partial charge is 0.330 e. The molecule has 0 unspecified atom stereocenters. The van der Waals surface area contributed by atoms with Crippen molar-refractivity contribution < 1.29 is 9.18 Å². The second-order valence-electron chi connectivity index (χ2n) is 3.69. The fourth-order valence-electron chi connectivity index (χ4n) is 1.34. The summed E-state index contributed by atoms with van der Waals surface area (Å²) in [5, 5.41) is 3.38. The minimum absolute atomic E-state index is 0.0472. The number of carbonyl (C=O) groups excluding carboxylic acids is 1. The molecule has 8 heteroatoms. The fourth-order valence-corrected chi connectivity index (χ4v) is 1.54. The van der Waals surface area contributed by atoms with Gasteiger partial charge < -0.3 is 5.32 Å². The van der Waals surface area contributed by atoms with E-state index in [4.69, 9.17) is 18.1 Å². The van der Waals surface area contributed by atoms with E-state index in [2.05, 4.69) is 15.3 Å². The number of thiocarbonyl (C=S) groups is 1. The number of hydrogen-bond donors (Lipinski definition) is 2. The van der Waals surface area contributed by atoms with E-state index in [-0.39, 0.29) is 10.8 Å². The zero-order chi connectivity index (χ0) is 14.5. The molecule has 2 heterocycles. The van der Waals surface area contributed by atoms with Gasteiger partial charge in [-0.15, -0.1) is 0 Å². The fraction of sp³-hybridized carbons (Fsp3) is 0. The molecule has 0 atom stereocenters. The first-order valence-corrected chi connectivity index (χ1v) is 5.91. The van der Waals surface area contributed by atoms with Crippen molar-refractivity contribution in [3.8, 4) is 0 Å². The van der Waals surface area contributed by atoms with Crippen LogP contribution in [0.2, 0.25) is 0 Å². The zero-order valence-corrected chi connectivity index (χ0v) is 11.0.